The lowest BCUT2D eigenvalue weighted by atomic mass is 9.83. The monoisotopic (exact) mass is 343 g/mol. The van der Waals surface area contributed by atoms with Crippen molar-refractivity contribution in [2.75, 3.05) is 26.7 Å². The van der Waals surface area contributed by atoms with Crippen molar-refractivity contribution < 1.29 is 4.79 Å². The third-order valence-corrected chi connectivity index (χ3v) is 6.02. The molecule has 138 valence electrons. The number of nitrogens with zero attached hydrogens (tertiary/aromatic N) is 1. The molecule has 4 nitrogen and oxygen atoms in total. The molecule has 2 N–H and O–H groups in total. The molecule has 2 amide bonds. The third-order valence-electron chi connectivity index (χ3n) is 6.02. The Hall–Kier alpha value is -1.55. The van der Waals surface area contributed by atoms with Gasteiger partial charge in [0, 0.05) is 19.6 Å². The van der Waals surface area contributed by atoms with Crippen LogP contribution in [0.5, 0.6) is 0 Å². The van der Waals surface area contributed by atoms with E-state index in [0.29, 0.717) is 12.0 Å². The summed E-state index contributed by atoms with van der Waals surface area (Å²) in [5.74, 6) is 1.43. The number of rotatable bonds is 5. The van der Waals surface area contributed by atoms with E-state index in [9.17, 15) is 4.79 Å². The Morgan fingerprint density at radius 1 is 1.08 bits per heavy atom. The predicted octanol–water partition coefficient (Wildman–Crippen LogP) is 3.43. The molecule has 4 heteroatoms. The summed E-state index contributed by atoms with van der Waals surface area (Å²) in [6, 6.07) is 11.2. The molecule has 1 aromatic carbocycles. The van der Waals surface area contributed by atoms with Crippen molar-refractivity contribution >= 4 is 6.03 Å². The molecule has 2 unspecified atom stereocenters. The highest BCUT2D eigenvalue weighted by Crippen LogP contribution is 2.28. The number of nitrogens with one attached hydrogen (secondary N) is 2. The van der Waals surface area contributed by atoms with E-state index in [2.05, 4.69) is 45.9 Å². The molecule has 1 saturated carbocycles. The molecule has 2 aliphatic rings. The minimum atomic E-state index is -0.0292. The number of piperidine rings is 1. The average molecular weight is 344 g/mol. The second kappa shape index (κ2) is 9.23. The zero-order valence-electron chi connectivity index (χ0n) is 15.5. The maximum Gasteiger partial charge on any atom is 0.314 e. The zero-order valence-corrected chi connectivity index (χ0v) is 15.5. The number of carbonyl (C=O) groups is 1. The molecule has 1 heterocycles. The summed E-state index contributed by atoms with van der Waals surface area (Å²) in [5, 5.41) is 5.87. The van der Waals surface area contributed by atoms with E-state index in [1.165, 1.54) is 57.2 Å². The molecule has 1 aliphatic heterocycles. The Kier molecular flexibility index (Phi) is 6.74. The van der Waals surface area contributed by atoms with Crippen LogP contribution in [0.3, 0.4) is 0 Å². The highest BCUT2D eigenvalue weighted by Gasteiger charge is 2.29. The van der Waals surface area contributed by atoms with Crippen LogP contribution in [-0.2, 0) is 6.42 Å². The van der Waals surface area contributed by atoms with Crippen molar-refractivity contribution in [1.29, 1.82) is 0 Å². The molecular formula is C21H33N3O. The zero-order chi connectivity index (χ0) is 17.5. The van der Waals surface area contributed by atoms with Gasteiger partial charge in [0.25, 0.3) is 0 Å². The molecule has 1 aromatic rings. The SMILES string of the molecule is CNC(=O)NC1CCCCC1CN1CCC(Cc2ccccc2)CC1. The molecule has 25 heavy (non-hydrogen) atoms. The normalized spacial score (nSPS) is 25.5. The van der Waals surface area contributed by atoms with Crippen LogP contribution in [0.25, 0.3) is 0 Å². The van der Waals surface area contributed by atoms with Gasteiger partial charge in [-0.15, -0.1) is 0 Å². The van der Waals surface area contributed by atoms with Crippen LogP contribution in [0.4, 0.5) is 4.79 Å². The van der Waals surface area contributed by atoms with Gasteiger partial charge in [0.15, 0.2) is 0 Å². The van der Waals surface area contributed by atoms with Gasteiger partial charge in [0.2, 0.25) is 0 Å². The lowest BCUT2D eigenvalue weighted by Gasteiger charge is -2.38. The minimum Gasteiger partial charge on any atom is -0.341 e. The first kappa shape index (κ1) is 18.2. The van der Waals surface area contributed by atoms with Crippen LogP contribution < -0.4 is 10.6 Å². The van der Waals surface area contributed by atoms with Crippen LogP contribution in [0.2, 0.25) is 0 Å². The first-order valence-electron chi connectivity index (χ1n) is 9.99. The second-order valence-electron chi connectivity index (χ2n) is 7.81. The maximum absolute atomic E-state index is 11.7. The molecule has 3 rings (SSSR count). The summed E-state index contributed by atoms with van der Waals surface area (Å²) < 4.78 is 0. The molecule has 0 bridgehead atoms. The molecule has 0 spiro atoms. The lowest BCUT2D eigenvalue weighted by molar-refractivity contribution is 0.129. The molecule has 0 radical (unpaired) electrons. The van der Waals surface area contributed by atoms with Crippen LogP contribution in [0, 0.1) is 11.8 Å². The Balaban J connectivity index is 1.45. The van der Waals surface area contributed by atoms with Crippen LogP contribution in [0.1, 0.15) is 44.1 Å². The second-order valence-corrected chi connectivity index (χ2v) is 7.81. The van der Waals surface area contributed by atoms with Crippen molar-refractivity contribution in [2.24, 2.45) is 11.8 Å². The lowest BCUT2D eigenvalue weighted by Crippen LogP contribution is -2.49. The van der Waals surface area contributed by atoms with Gasteiger partial charge in [-0.05, 0) is 62.6 Å². The number of urea groups is 1. The molecule has 1 aliphatic carbocycles. The fourth-order valence-electron chi connectivity index (χ4n) is 4.51. The van der Waals surface area contributed by atoms with Gasteiger partial charge >= 0.3 is 6.03 Å². The van der Waals surface area contributed by atoms with E-state index in [0.717, 1.165) is 18.9 Å². The van der Waals surface area contributed by atoms with E-state index in [4.69, 9.17) is 0 Å². The van der Waals surface area contributed by atoms with Gasteiger partial charge < -0.3 is 15.5 Å². The summed E-state index contributed by atoms with van der Waals surface area (Å²) in [7, 11) is 1.70. The highest BCUT2D eigenvalue weighted by atomic mass is 16.2. The highest BCUT2D eigenvalue weighted by molar-refractivity contribution is 5.73. The summed E-state index contributed by atoms with van der Waals surface area (Å²) in [4.78, 5) is 14.3. The summed E-state index contributed by atoms with van der Waals surface area (Å²) >= 11 is 0. The topological polar surface area (TPSA) is 44.4 Å². The summed E-state index contributed by atoms with van der Waals surface area (Å²) in [6.45, 7) is 3.56. The van der Waals surface area contributed by atoms with Crippen molar-refractivity contribution in [2.45, 2.75) is 51.0 Å². The fourth-order valence-corrected chi connectivity index (χ4v) is 4.51. The smallest absolute Gasteiger partial charge is 0.314 e. The van der Waals surface area contributed by atoms with E-state index in [-0.39, 0.29) is 6.03 Å². The maximum atomic E-state index is 11.7. The number of carbonyl (C=O) groups excluding carboxylic acids is 1. The van der Waals surface area contributed by atoms with Gasteiger partial charge in [-0.1, -0.05) is 43.2 Å². The first-order chi connectivity index (χ1) is 12.2. The van der Waals surface area contributed by atoms with Crippen LogP contribution >= 0.6 is 0 Å². The quantitative estimate of drug-likeness (QED) is 0.860. The number of benzene rings is 1. The van der Waals surface area contributed by atoms with Gasteiger partial charge in [0.05, 0.1) is 0 Å². The Labute approximate surface area is 152 Å². The summed E-state index contributed by atoms with van der Waals surface area (Å²) in [6.07, 6.45) is 8.75. The van der Waals surface area contributed by atoms with Crippen molar-refractivity contribution in [1.82, 2.24) is 15.5 Å². The summed E-state index contributed by atoms with van der Waals surface area (Å²) in [5.41, 5.74) is 1.48. The van der Waals surface area contributed by atoms with Crippen molar-refractivity contribution in [3.8, 4) is 0 Å². The Morgan fingerprint density at radius 3 is 2.52 bits per heavy atom. The molecule has 0 aromatic heterocycles. The van der Waals surface area contributed by atoms with Crippen LogP contribution in [0.15, 0.2) is 30.3 Å². The molecular weight excluding hydrogens is 310 g/mol. The van der Waals surface area contributed by atoms with Gasteiger partial charge in [-0.3, -0.25) is 0 Å². The largest absolute Gasteiger partial charge is 0.341 e. The fraction of sp³-hybridized carbons (Fsp3) is 0.667. The third kappa shape index (κ3) is 5.46. The Morgan fingerprint density at radius 2 is 1.80 bits per heavy atom. The van der Waals surface area contributed by atoms with Gasteiger partial charge in [-0.2, -0.15) is 0 Å². The standard InChI is InChI=1S/C21H33N3O/c1-22-21(25)23-20-10-6-5-9-19(20)16-24-13-11-18(12-14-24)15-17-7-3-2-4-8-17/h2-4,7-8,18-20H,5-6,9-16H2,1H3,(H2,22,23,25). The number of amides is 2. The number of likely N-dealkylation sites (tertiary alicyclic amines) is 1. The van der Waals surface area contributed by atoms with Crippen molar-refractivity contribution in [3.63, 3.8) is 0 Å². The van der Waals surface area contributed by atoms with Crippen LogP contribution in [-0.4, -0.2) is 43.7 Å². The number of hydrogen-bond donors (Lipinski definition) is 2. The Bertz CT molecular complexity index is 525. The van der Waals surface area contributed by atoms with E-state index in [1.807, 2.05) is 0 Å². The molecule has 2 fully saturated rings. The van der Waals surface area contributed by atoms with E-state index < -0.39 is 0 Å². The minimum absolute atomic E-state index is 0.0292. The van der Waals surface area contributed by atoms with Gasteiger partial charge in [-0.25, -0.2) is 4.79 Å². The average Bonchev–Trinajstić information content (AvgIpc) is 2.65. The van der Waals surface area contributed by atoms with E-state index in [1.54, 1.807) is 7.05 Å². The van der Waals surface area contributed by atoms with E-state index >= 15 is 0 Å². The molecule has 1 saturated heterocycles. The van der Waals surface area contributed by atoms with Gasteiger partial charge in [0.1, 0.15) is 0 Å². The number of hydrogen-bond acceptors (Lipinski definition) is 2. The van der Waals surface area contributed by atoms with Crippen molar-refractivity contribution in [3.05, 3.63) is 35.9 Å². The predicted molar refractivity (Wildman–Crippen MR) is 103 cm³/mol. The first-order valence-corrected chi connectivity index (χ1v) is 9.99. The molecule has 2 atom stereocenters.